The van der Waals surface area contributed by atoms with E-state index in [2.05, 4.69) is 51.1 Å². The van der Waals surface area contributed by atoms with Crippen molar-refractivity contribution >= 4 is 0 Å². The number of benzene rings is 1. The molecule has 0 radical (unpaired) electrons. The predicted molar refractivity (Wildman–Crippen MR) is 103 cm³/mol. The van der Waals surface area contributed by atoms with Gasteiger partial charge in [-0.3, -0.25) is 4.90 Å². The second kappa shape index (κ2) is 8.31. The molecule has 1 atom stereocenters. The van der Waals surface area contributed by atoms with Gasteiger partial charge in [-0.15, -0.1) is 0 Å². The Morgan fingerprint density at radius 3 is 2.58 bits per heavy atom. The Labute approximate surface area is 156 Å². The molecule has 5 heteroatoms. The lowest BCUT2D eigenvalue weighted by Gasteiger charge is -2.36. The van der Waals surface area contributed by atoms with Crippen molar-refractivity contribution in [2.24, 2.45) is 5.92 Å². The molecule has 0 N–H and O–H groups in total. The number of aryl methyl sites for hydroxylation is 1. The first-order valence-corrected chi connectivity index (χ1v) is 10.1. The highest BCUT2D eigenvalue weighted by atomic mass is 16.5. The van der Waals surface area contributed by atoms with Gasteiger partial charge in [0, 0.05) is 18.7 Å². The van der Waals surface area contributed by atoms with Crippen molar-refractivity contribution in [2.45, 2.75) is 45.6 Å². The van der Waals surface area contributed by atoms with Crippen LogP contribution in [-0.2, 0) is 6.54 Å². The standard InChI is InChI=1S/C21H30N4O/c1-17-7-9-19(10-8-17)21-22-20(26-23-21)16-25-13-5-6-18(15-25)14-24-11-3-2-4-12-24/h7-10,18H,2-6,11-16H2,1H3. The minimum Gasteiger partial charge on any atom is -0.338 e. The Kier molecular flexibility index (Phi) is 5.65. The molecule has 2 aromatic rings. The molecule has 0 saturated carbocycles. The Hall–Kier alpha value is -1.72. The quantitative estimate of drug-likeness (QED) is 0.818. The van der Waals surface area contributed by atoms with Crippen molar-refractivity contribution in [1.82, 2.24) is 19.9 Å². The van der Waals surface area contributed by atoms with Crippen molar-refractivity contribution in [3.63, 3.8) is 0 Å². The predicted octanol–water partition coefficient (Wildman–Crippen LogP) is 3.74. The largest absolute Gasteiger partial charge is 0.338 e. The molecule has 4 rings (SSSR count). The summed E-state index contributed by atoms with van der Waals surface area (Å²) in [6, 6.07) is 8.28. The van der Waals surface area contributed by atoms with Crippen molar-refractivity contribution in [3.8, 4) is 11.4 Å². The van der Waals surface area contributed by atoms with Gasteiger partial charge in [0.05, 0.1) is 6.54 Å². The molecule has 140 valence electrons. The van der Waals surface area contributed by atoms with Crippen LogP contribution in [-0.4, -0.2) is 52.7 Å². The molecule has 0 bridgehead atoms. The Bertz CT molecular complexity index is 690. The molecule has 0 aliphatic carbocycles. The zero-order chi connectivity index (χ0) is 17.8. The van der Waals surface area contributed by atoms with E-state index in [0.29, 0.717) is 5.82 Å². The molecular formula is C21H30N4O. The van der Waals surface area contributed by atoms with Gasteiger partial charge >= 0.3 is 0 Å². The van der Waals surface area contributed by atoms with Crippen LogP contribution in [0.15, 0.2) is 28.8 Å². The fourth-order valence-corrected chi connectivity index (χ4v) is 4.28. The Balaban J connectivity index is 1.32. The van der Waals surface area contributed by atoms with Crippen molar-refractivity contribution < 1.29 is 4.52 Å². The summed E-state index contributed by atoms with van der Waals surface area (Å²) < 4.78 is 5.52. The van der Waals surface area contributed by atoms with Crippen LogP contribution in [0.25, 0.3) is 11.4 Å². The summed E-state index contributed by atoms with van der Waals surface area (Å²) >= 11 is 0. The Morgan fingerprint density at radius 2 is 1.77 bits per heavy atom. The third-order valence-corrected chi connectivity index (χ3v) is 5.70. The third-order valence-electron chi connectivity index (χ3n) is 5.70. The summed E-state index contributed by atoms with van der Waals surface area (Å²) in [5.41, 5.74) is 2.26. The molecule has 2 saturated heterocycles. The number of hydrogen-bond acceptors (Lipinski definition) is 5. The van der Waals surface area contributed by atoms with E-state index >= 15 is 0 Å². The van der Waals surface area contributed by atoms with Crippen LogP contribution in [0.4, 0.5) is 0 Å². The highest BCUT2D eigenvalue weighted by Crippen LogP contribution is 2.22. The molecule has 1 unspecified atom stereocenters. The van der Waals surface area contributed by atoms with Crippen LogP contribution in [0, 0.1) is 12.8 Å². The van der Waals surface area contributed by atoms with Gasteiger partial charge in [-0.05, 0) is 58.2 Å². The first-order chi connectivity index (χ1) is 12.8. The molecule has 1 aromatic carbocycles. The normalized spacial score (nSPS) is 22.6. The average Bonchev–Trinajstić information content (AvgIpc) is 3.12. The fraction of sp³-hybridized carbons (Fsp3) is 0.619. The third kappa shape index (κ3) is 4.51. The molecular weight excluding hydrogens is 324 g/mol. The highest BCUT2D eigenvalue weighted by Gasteiger charge is 2.24. The van der Waals surface area contributed by atoms with Crippen LogP contribution in [0.3, 0.4) is 0 Å². The molecule has 0 amide bonds. The van der Waals surface area contributed by atoms with Crippen LogP contribution in [0.2, 0.25) is 0 Å². The van der Waals surface area contributed by atoms with Crippen LogP contribution < -0.4 is 0 Å². The van der Waals surface area contributed by atoms with Gasteiger partial charge in [-0.1, -0.05) is 41.4 Å². The van der Waals surface area contributed by atoms with Crippen molar-refractivity contribution in [2.75, 3.05) is 32.7 Å². The lowest BCUT2D eigenvalue weighted by molar-refractivity contribution is 0.110. The SMILES string of the molecule is Cc1ccc(-c2noc(CN3CCCC(CN4CCCCC4)C3)n2)cc1. The lowest BCUT2D eigenvalue weighted by atomic mass is 9.96. The second-order valence-corrected chi connectivity index (χ2v) is 7.98. The first kappa shape index (κ1) is 17.7. The van der Waals surface area contributed by atoms with Gasteiger partial charge in [0.1, 0.15) is 0 Å². The van der Waals surface area contributed by atoms with E-state index in [0.717, 1.165) is 37.0 Å². The zero-order valence-electron chi connectivity index (χ0n) is 15.9. The number of nitrogens with zero attached hydrogens (tertiary/aromatic N) is 4. The van der Waals surface area contributed by atoms with Crippen molar-refractivity contribution in [1.29, 1.82) is 0 Å². The minimum absolute atomic E-state index is 0.696. The van der Waals surface area contributed by atoms with E-state index < -0.39 is 0 Å². The van der Waals surface area contributed by atoms with Gasteiger partial charge in [-0.25, -0.2) is 0 Å². The van der Waals surface area contributed by atoms with Crippen LogP contribution in [0.1, 0.15) is 43.6 Å². The molecule has 0 spiro atoms. The molecule has 1 aromatic heterocycles. The smallest absolute Gasteiger partial charge is 0.241 e. The number of aromatic nitrogens is 2. The molecule has 2 aliphatic heterocycles. The monoisotopic (exact) mass is 354 g/mol. The van der Waals surface area contributed by atoms with Crippen LogP contribution in [0.5, 0.6) is 0 Å². The summed E-state index contributed by atoms with van der Waals surface area (Å²) in [5.74, 6) is 2.21. The molecule has 5 nitrogen and oxygen atoms in total. The van der Waals surface area contributed by atoms with Crippen molar-refractivity contribution in [3.05, 3.63) is 35.7 Å². The number of piperidine rings is 2. The maximum absolute atomic E-state index is 5.52. The topological polar surface area (TPSA) is 45.4 Å². The van der Waals surface area contributed by atoms with Gasteiger partial charge in [0.2, 0.25) is 11.7 Å². The molecule has 2 fully saturated rings. The highest BCUT2D eigenvalue weighted by molar-refractivity contribution is 5.54. The summed E-state index contributed by atoms with van der Waals surface area (Å²) in [4.78, 5) is 9.77. The number of likely N-dealkylation sites (tertiary alicyclic amines) is 2. The number of rotatable bonds is 5. The number of hydrogen-bond donors (Lipinski definition) is 0. The summed E-state index contributed by atoms with van der Waals surface area (Å²) in [6.45, 7) is 8.99. The second-order valence-electron chi connectivity index (χ2n) is 7.98. The molecule has 26 heavy (non-hydrogen) atoms. The van der Waals surface area contributed by atoms with Gasteiger partial charge in [-0.2, -0.15) is 4.98 Å². The van der Waals surface area contributed by atoms with E-state index in [1.807, 2.05) is 0 Å². The van der Waals surface area contributed by atoms with E-state index in [-0.39, 0.29) is 0 Å². The Morgan fingerprint density at radius 1 is 1.00 bits per heavy atom. The summed E-state index contributed by atoms with van der Waals surface area (Å²) in [5, 5.41) is 4.17. The van der Waals surface area contributed by atoms with E-state index in [1.54, 1.807) is 0 Å². The lowest BCUT2D eigenvalue weighted by Crippen LogP contribution is -2.42. The van der Waals surface area contributed by atoms with E-state index in [4.69, 9.17) is 4.52 Å². The summed E-state index contributed by atoms with van der Waals surface area (Å²) in [6.07, 6.45) is 6.79. The van der Waals surface area contributed by atoms with E-state index in [9.17, 15) is 0 Å². The maximum Gasteiger partial charge on any atom is 0.241 e. The van der Waals surface area contributed by atoms with Gasteiger partial charge in [0.25, 0.3) is 0 Å². The van der Waals surface area contributed by atoms with Gasteiger partial charge in [0.15, 0.2) is 0 Å². The minimum atomic E-state index is 0.696. The average molecular weight is 354 g/mol. The van der Waals surface area contributed by atoms with E-state index in [1.165, 1.54) is 57.3 Å². The molecule has 2 aliphatic rings. The molecule has 3 heterocycles. The van der Waals surface area contributed by atoms with Crippen LogP contribution >= 0.6 is 0 Å². The summed E-state index contributed by atoms with van der Waals surface area (Å²) in [7, 11) is 0. The fourth-order valence-electron chi connectivity index (χ4n) is 4.28. The maximum atomic E-state index is 5.52. The zero-order valence-corrected chi connectivity index (χ0v) is 15.9. The first-order valence-electron chi connectivity index (χ1n) is 10.1. The van der Waals surface area contributed by atoms with Gasteiger partial charge < -0.3 is 9.42 Å².